The van der Waals surface area contributed by atoms with E-state index in [0.29, 0.717) is 11.4 Å². The van der Waals surface area contributed by atoms with Gasteiger partial charge in [-0.2, -0.15) is 4.31 Å². The molecule has 1 heterocycles. The molecule has 0 bridgehead atoms. The Balaban J connectivity index is 1.58. The third-order valence-corrected chi connectivity index (χ3v) is 9.02. The van der Waals surface area contributed by atoms with Gasteiger partial charge in [0.2, 0.25) is 10.0 Å². The van der Waals surface area contributed by atoms with Crippen molar-refractivity contribution in [1.82, 2.24) is 4.31 Å². The molecular weight excluding hydrogens is 390 g/mol. The number of rotatable bonds is 4. The fraction of sp³-hybridized carbons (Fsp3) is 0.273. The highest BCUT2D eigenvalue weighted by atomic mass is 32.2. The van der Waals surface area contributed by atoms with Gasteiger partial charge in [0.15, 0.2) is 0 Å². The first-order chi connectivity index (χ1) is 13.6. The van der Waals surface area contributed by atoms with Crippen molar-refractivity contribution in [2.45, 2.75) is 23.1 Å². The molecule has 0 saturated carbocycles. The number of aryl methyl sites for hydroxylation is 2. The van der Waals surface area contributed by atoms with Crippen LogP contribution in [0.3, 0.4) is 0 Å². The van der Waals surface area contributed by atoms with Crippen LogP contribution in [0, 0.1) is 0 Å². The molecule has 5 rings (SSSR count). The summed E-state index contributed by atoms with van der Waals surface area (Å²) in [6, 6.07) is 17.7. The van der Waals surface area contributed by atoms with E-state index in [1.807, 2.05) is 30.3 Å². The molecule has 3 aromatic rings. The Morgan fingerprint density at radius 1 is 1.04 bits per heavy atom. The highest BCUT2D eigenvalue weighted by Gasteiger charge is 2.38. The number of thioether (sulfide) groups is 1. The van der Waals surface area contributed by atoms with E-state index in [0.717, 1.165) is 46.2 Å². The molecule has 1 unspecified atom stereocenters. The zero-order valence-corrected chi connectivity index (χ0v) is 17.2. The van der Waals surface area contributed by atoms with Crippen molar-refractivity contribution in [3.05, 3.63) is 71.3 Å². The second-order valence-corrected chi connectivity index (χ2v) is 10.2. The van der Waals surface area contributed by atoms with Crippen molar-refractivity contribution in [3.63, 3.8) is 0 Å². The van der Waals surface area contributed by atoms with Gasteiger partial charge in [0, 0.05) is 12.3 Å². The Kier molecular flexibility index (Phi) is 4.38. The summed E-state index contributed by atoms with van der Waals surface area (Å²) < 4.78 is 34.2. The summed E-state index contributed by atoms with van der Waals surface area (Å²) in [5, 5.41) is 2.07. The molecule has 1 atom stereocenters. The molecule has 0 N–H and O–H groups in total. The summed E-state index contributed by atoms with van der Waals surface area (Å²) in [6.45, 7) is 0.531. The van der Waals surface area contributed by atoms with Crippen LogP contribution in [-0.4, -0.2) is 32.1 Å². The number of sulfonamides is 1. The molecule has 0 amide bonds. The summed E-state index contributed by atoms with van der Waals surface area (Å²) in [7, 11) is -1.94. The fourth-order valence-corrected chi connectivity index (χ4v) is 7.83. The van der Waals surface area contributed by atoms with E-state index in [9.17, 15) is 8.42 Å². The quantitative estimate of drug-likeness (QED) is 0.639. The predicted octanol–water partition coefficient (Wildman–Crippen LogP) is 4.38. The summed E-state index contributed by atoms with van der Waals surface area (Å²) in [4.78, 5) is 0.478. The largest absolute Gasteiger partial charge is 0.497 e. The normalized spacial score (nSPS) is 19.4. The number of methoxy groups -OCH3 is 1. The summed E-state index contributed by atoms with van der Waals surface area (Å²) in [5.74, 6) is 1.57. The van der Waals surface area contributed by atoms with Gasteiger partial charge in [-0.05, 0) is 58.5 Å². The minimum atomic E-state index is -3.57. The Morgan fingerprint density at radius 2 is 1.86 bits per heavy atom. The minimum Gasteiger partial charge on any atom is -0.497 e. The molecule has 1 aliphatic carbocycles. The van der Waals surface area contributed by atoms with E-state index in [1.54, 1.807) is 29.2 Å². The Bertz CT molecular complexity index is 1160. The van der Waals surface area contributed by atoms with Crippen molar-refractivity contribution < 1.29 is 13.2 Å². The lowest BCUT2D eigenvalue weighted by atomic mass is 10.1. The third-order valence-electron chi connectivity index (χ3n) is 5.68. The lowest BCUT2D eigenvalue weighted by molar-refractivity contribution is 0.413. The highest BCUT2D eigenvalue weighted by Crippen LogP contribution is 2.44. The van der Waals surface area contributed by atoms with Gasteiger partial charge < -0.3 is 4.74 Å². The van der Waals surface area contributed by atoms with Crippen LogP contribution >= 0.6 is 11.8 Å². The van der Waals surface area contributed by atoms with Crippen LogP contribution in [0.2, 0.25) is 0 Å². The molecule has 4 nitrogen and oxygen atoms in total. The zero-order chi connectivity index (χ0) is 19.3. The second-order valence-electron chi connectivity index (χ2n) is 7.17. The molecule has 1 fully saturated rings. The first-order valence-corrected chi connectivity index (χ1v) is 11.9. The average Bonchev–Trinajstić information content (AvgIpc) is 3.38. The van der Waals surface area contributed by atoms with E-state index in [-0.39, 0.29) is 5.37 Å². The minimum absolute atomic E-state index is 0.199. The van der Waals surface area contributed by atoms with Gasteiger partial charge in [-0.25, -0.2) is 8.42 Å². The highest BCUT2D eigenvalue weighted by molar-refractivity contribution is 8.01. The van der Waals surface area contributed by atoms with E-state index >= 15 is 0 Å². The van der Waals surface area contributed by atoms with Gasteiger partial charge in [0.25, 0.3) is 0 Å². The monoisotopic (exact) mass is 411 g/mol. The van der Waals surface area contributed by atoms with E-state index in [4.69, 9.17) is 4.74 Å². The summed E-state index contributed by atoms with van der Waals surface area (Å²) in [5.41, 5.74) is 3.23. The van der Waals surface area contributed by atoms with Gasteiger partial charge >= 0.3 is 0 Å². The van der Waals surface area contributed by atoms with Crippen LogP contribution in [0.4, 0.5) is 0 Å². The lowest BCUT2D eigenvalue weighted by Gasteiger charge is -2.25. The Hall–Kier alpha value is -2.02. The van der Waals surface area contributed by atoms with Crippen LogP contribution in [0.5, 0.6) is 5.75 Å². The van der Waals surface area contributed by atoms with Gasteiger partial charge in [-0.3, -0.25) is 0 Å². The van der Waals surface area contributed by atoms with E-state index in [1.165, 1.54) is 5.56 Å². The molecule has 6 heteroatoms. The van der Waals surface area contributed by atoms with Crippen LogP contribution in [0.15, 0.2) is 59.5 Å². The SMILES string of the molecule is COc1ccc(C2SCCN2S(=O)(=O)c2ccc3cccc4c3c2CC4)cc1. The number of benzene rings is 3. The van der Waals surface area contributed by atoms with Crippen molar-refractivity contribution in [1.29, 1.82) is 0 Å². The molecule has 0 aromatic heterocycles. The lowest BCUT2D eigenvalue weighted by Crippen LogP contribution is -2.31. The molecule has 144 valence electrons. The first-order valence-electron chi connectivity index (χ1n) is 9.40. The van der Waals surface area contributed by atoms with E-state index < -0.39 is 10.0 Å². The van der Waals surface area contributed by atoms with Crippen LogP contribution in [0.25, 0.3) is 10.8 Å². The summed E-state index contributed by atoms with van der Waals surface area (Å²) >= 11 is 1.67. The summed E-state index contributed by atoms with van der Waals surface area (Å²) in [6.07, 6.45) is 1.70. The zero-order valence-electron chi connectivity index (χ0n) is 15.6. The van der Waals surface area contributed by atoms with Crippen LogP contribution in [-0.2, 0) is 22.9 Å². The Labute approximate surface area is 169 Å². The topological polar surface area (TPSA) is 46.6 Å². The van der Waals surface area contributed by atoms with E-state index in [2.05, 4.69) is 18.2 Å². The number of ether oxygens (including phenoxy) is 1. The van der Waals surface area contributed by atoms with Gasteiger partial charge in [-0.1, -0.05) is 36.4 Å². The average molecular weight is 412 g/mol. The first kappa shape index (κ1) is 18.0. The van der Waals surface area contributed by atoms with Crippen molar-refractivity contribution in [2.24, 2.45) is 0 Å². The maximum absolute atomic E-state index is 13.7. The van der Waals surface area contributed by atoms with Gasteiger partial charge in [0.05, 0.1) is 17.4 Å². The molecule has 3 aromatic carbocycles. The molecule has 0 radical (unpaired) electrons. The molecule has 28 heavy (non-hydrogen) atoms. The fourth-order valence-electron chi connectivity index (χ4n) is 4.33. The van der Waals surface area contributed by atoms with Crippen LogP contribution < -0.4 is 4.74 Å². The maximum atomic E-state index is 13.7. The molecular formula is C22H21NO3S2. The predicted molar refractivity (Wildman–Crippen MR) is 113 cm³/mol. The number of hydrogen-bond acceptors (Lipinski definition) is 4. The maximum Gasteiger partial charge on any atom is 0.244 e. The van der Waals surface area contributed by atoms with Crippen molar-refractivity contribution >= 4 is 32.6 Å². The third kappa shape index (κ3) is 2.74. The number of hydrogen-bond donors (Lipinski definition) is 0. The van der Waals surface area contributed by atoms with Gasteiger partial charge in [0.1, 0.15) is 5.75 Å². The van der Waals surface area contributed by atoms with Crippen LogP contribution in [0.1, 0.15) is 22.1 Å². The molecule has 0 spiro atoms. The molecule has 1 aliphatic heterocycles. The smallest absolute Gasteiger partial charge is 0.244 e. The molecule has 1 saturated heterocycles. The molecule has 2 aliphatic rings. The number of nitrogens with zero attached hydrogens (tertiary/aromatic N) is 1. The van der Waals surface area contributed by atoms with Crippen molar-refractivity contribution in [2.75, 3.05) is 19.4 Å². The second kappa shape index (κ2) is 6.79. The standard InChI is InChI=1S/C22H21NO3S2/c1-26-18-9-5-17(6-10-18)22-23(13-14-27-22)28(24,25)20-12-8-16-4-2-3-15-7-11-19(20)21(15)16/h2-6,8-10,12,22H,7,11,13-14H2,1H3. The van der Waals surface area contributed by atoms with Gasteiger partial charge in [-0.15, -0.1) is 11.8 Å². The van der Waals surface area contributed by atoms with Crippen molar-refractivity contribution in [3.8, 4) is 5.75 Å². The Morgan fingerprint density at radius 3 is 2.64 bits per heavy atom.